The normalized spacial score (nSPS) is 11.4. The molecular formula is C25H19N5NaO6S. The van der Waals surface area contributed by atoms with Gasteiger partial charge in [-0.1, -0.05) is 29.5 Å². The molecule has 187 valence electrons. The number of anilines is 1. The Labute approximate surface area is 239 Å². The molecule has 0 aliphatic heterocycles. The summed E-state index contributed by atoms with van der Waals surface area (Å²) in [6.45, 7) is 0. The summed E-state index contributed by atoms with van der Waals surface area (Å²) in [5.41, 5.74) is 6.36. The summed E-state index contributed by atoms with van der Waals surface area (Å²) in [6, 6.07) is 23.9. The molecule has 0 fully saturated rings. The number of rotatable bonds is 8. The van der Waals surface area contributed by atoms with E-state index in [1.54, 1.807) is 12.1 Å². The van der Waals surface area contributed by atoms with E-state index in [9.17, 15) is 18.3 Å². The van der Waals surface area contributed by atoms with Crippen molar-refractivity contribution < 1.29 is 28.0 Å². The second-order valence-corrected chi connectivity index (χ2v) is 9.03. The van der Waals surface area contributed by atoms with Crippen LogP contribution in [0.4, 0.5) is 22.7 Å². The second kappa shape index (κ2) is 12.5. The first-order valence-corrected chi connectivity index (χ1v) is 12.1. The first-order chi connectivity index (χ1) is 17.7. The maximum atomic E-state index is 11.1. The molecule has 4 aromatic rings. The van der Waals surface area contributed by atoms with Crippen LogP contribution in [0, 0.1) is 0 Å². The Morgan fingerprint density at radius 3 is 1.79 bits per heavy atom. The topological polar surface area (TPSA) is 173 Å². The van der Waals surface area contributed by atoms with Crippen molar-refractivity contribution in [1.82, 2.24) is 0 Å². The number of hydrogen-bond acceptors (Lipinski definition) is 8. The summed E-state index contributed by atoms with van der Waals surface area (Å²) in [5.74, 6) is -1.59. The SMILES string of the molecule is O=C(O)c1cc(N=Nc2ccc(-c3ccc(NN=Nc4ccc(S(=O)(=O)O)cc4)cc3)cc2)ccc1O.[Na]. The van der Waals surface area contributed by atoms with Crippen molar-refractivity contribution in [3.8, 4) is 16.9 Å². The zero-order valence-electron chi connectivity index (χ0n) is 19.9. The zero-order chi connectivity index (χ0) is 26.4. The van der Waals surface area contributed by atoms with E-state index in [0.717, 1.165) is 11.1 Å². The Morgan fingerprint density at radius 2 is 1.21 bits per heavy atom. The maximum Gasteiger partial charge on any atom is 0.339 e. The molecule has 1 radical (unpaired) electrons. The summed E-state index contributed by atoms with van der Waals surface area (Å²) in [4.78, 5) is 10.9. The van der Waals surface area contributed by atoms with Gasteiger partial charge in [-0.15, -0.1) is 5.11 Å². The smallest absolute Gasteiger partial charge is 0.339 e. The first-order valence-electron chi connectivity index (χ1n) is 10.6. The first kappa shape index (κ1) is 28.6. The van der Waals surface area contributed by atoms with Gasteiger partial charge in [0.15, 0.2) is 0 Å². The van der Waals surface area contributed by atoms with Crippen LogP contribution >= 0.6 is 0 Å². The summed E-state index contributed by atoms with van der Waals surface area (Å²) in [6.07, 6.45) is 0. The molecule has 0 saturated carbocycles. The molecule has 0 atom stereocenters. The van der Waals surface area contributed by atoms with Crippen LogP contribution in [0.25, 0.3) is 11.1 Å². The van der Waals surface area contributed by atoms with E-state index in [1.807, 2.05) is 36.4 Å². The number of benzene rings is 4. The minimum absolute atomic E-state index is 0. The molecule has 0 amide bonds. The quantitative estimate of drug-likeness (QED) is 0.0897. The fraction of sp³-hybridized carbons (Fsp3) is 0. The zero-order valence-corrected chi connectivity index (χ0v) is 22.7. The maximum absolute atomic E-state index is 11.1. The number of carboxylic acids is 1. The van der Waals surface area contributed by atoms with Crippen molar-refractivity contribution in [3.63, 3.8) is 0 Å². The van der Waals surface area contributed by atoms with Crippen LogP contribution in [-0.4, -0.2) is 58.7 Å². The number of phenols is 1. The van der Waals surface area contributed by atoms with Gasteiger partial charge in [0.1, 0.15) is 11.3 Å². The standard InChI is InChI=1S/C25H19N5O6S.Na/c31-24-14-11-21(15-23(24)25(32)33)27-26-18-5-1-16(2-6-18)17-3-7-19(8-4-17)28-30-29-20-9-12-22(13-10-20)37(34,35)36;/h1-15,31H,(H,28,29)(H,32,33)(H,34,35,36);. The van der Waals surface area contributed by atoms with Gasteiger partial charge in [-0.3, -0.25) is 9.98 Å². The largest absolute Gasteiger partial charge is 0.507 e. The predicted octanol–water partition coefficient (Wildman–Crippen LogP) is 6.15. The number of azo groups is 1. The average molecular weight is 541 g/mol. The molecule has 0 aliphatic carbocycles. The van der Waals surface area contributed by atoms with E-state index in [0.29, 0.717) is 22.7 Å². The van der Waals surface area contributed by atoms with Crippen molar-refractivity contribution in [1.29, 1.82) is 0 Å². The van der Waals surface area contributed by atoms with Gasteiger partial charge in [-0.05, 0) is 77.9 Å². The van der Waals surface area contributed by atoms with E-state index < -0.39 is 16.1 Å². The van der Waals surface area contributed by atoms with Gasteiger partial charge in [-0.25, -0.2) is 4.79 Å². The summed E-state index contributed by atoms with van der Waals surface area (Å²) in [7, 11) is -4.26. The number of nitrogens with zero attached hydrogens (tertiary/aromatic N) is 4. The van der Waals surface area contributed by atoms with Crippen molar-refractivity contribution in [2.24, 2.45) is 20.6 Å². The molecule has 0 aromatic heterocycles. The minimum Gasteiger partial charge on any atom is -0.507 e. The monoisotopic (exact) mass is 540 g/mol. The van der Waals surface area contributed by atoms with Crippen LogP contribution in [0.3, 0.4) is 0 Å². The van der Waals surface area contributed by atoms with Gasteiger partial charge in [0, 0.05) is 29.6 Å². The van der Waals surface area contributed by atoms with Gasteiger partial charge in [-0.2, -0.15) is 18.6 Å². The van der Waals surface area contributed by atoms with Crippen LogP contribution in [0.1, 0.15) is 10.4 Å². The van der Waals surface area contributed by atoms with Gasteiger partial charge >= 0.3 is 5.97 Å². The molecule has 0 saturated heterocycles. The Morgan fingerprint density at radius 1 is 0.711 bits per heavy atom. The van der Waals surface area contributed by atoms with E-state index in [-0.39, 0.29) is 45.8 Å². The number of aromatic hydroxyl groups is 1. The van der Waals surface area contributed by atoms with Gasteiger partial charge in [0.25, 0.3) is 10.1 Å². The summed E-state index contributed by atoms with van der Waals surface area (Å²) < 4.78 is 31.1. The minimum atomic E-state index is -4.26. The number of hydrogen-bond donors (Lipinski definition) is 4. The molecule has 0 unspecified atom stereocenters. The van der Waals surface area contributed by atoms with E-state index in [2.05, 4.69) is 26.0 Å². The van der Waals surface area contributed by atoms with E-state index >= 15 is 0 Å². The summed E-state index contributed by atoms with van der Waals surface area (Å²) in [5, 5.41) is 34.6. The average Bonchev–Trinajstić information content (AvgIpc) is 2.88. The van der Waals surface area contributed by atoms with Crippen LogP contribution < -0.4 is 5.43 Å². The van der Waals surface area contributed by atoms with E-state index in [4.69, 9.17) is 9.66 Å². The van der Waals surface area contributed by atoms with Crippen molar-refractivity contribution in [2.75, 3.05) is 5.43 Å². The third-order valence-corrected chi connectivity index (χ3v) is 5.92. The molecule has 38 heavy (non-hydrogen) atoms. The third kappa shape index (κ3) is 7.54. The molecule has 0 bridgehead atoms. The number of carbonyl (C=O) groups is 1. The third-order valence-electron chi connectivity index (χ3n) is 5.06. The Kier molecular flexibility index (Phi) is 9.45. The predicted molar refractivity (Wildman–Crippen MR) is 141 cm³/mol. The van der Waals surface area contributed by atoms with Crippen LogP contribution in [0.5, 0.6) is 5.75 Å². The van der Waals surface area contributed by atoms with Crippen LogP contribution in [-0.2, 0) is 10.1 Å². The molecule has 13 heteroatoms. The fourth-order valence-corrected chi connectivity index (χ4v) is 3.64. The molecule has 0 heterocycles. The molecule has 4 aromatic carbocycles. The van der Waals surface area contributed by atoms with Crippen LogP contribution in [0.15, 0.2) is 116 Å². The molecular weight excluding hydrogens is 521 g/mol. The van der Waals surface area contributed by atoms with E-state index in [1.165, 1.54) is 42.5 Å². The second-order valence-electron chi connectivity index (χ2n) is 7.61. The number of nitrogens with one attached hydrogen (secondary N) is 1. The van der Waals surface area contributed by atoms with Gasteiger partial charge in [0.05, 0.1) is 27.6 Å². The molecule has 0 spiro atoms. The number of aromatic carboxylic acids is 1. The van der Waals surface area contributed by atoms with Gasteiger partial charge in [0.2, 0.25) is 0 Å². The van der Waals surface area contributed by atoms with Crippen molar-refractivity contribution >= 4 is 68.4 Å². The molecule has 4 N–H and O–H groups in total. The Hall–Kier alpha value is -3.94. The van der Waals surface area contributed by atoms with Crippen molar-refractivity contribution in [3.05, 3.63) is 96.6 Å². The fourth-order valence-electron chi connectivity index (χ4n) is 3.16. The molecule has 4 rings (SSSR count). The Balaban J connectivity index is 0.00000400. The summed E-state index contributed by atoms with van der Waals surface area (Å²) >= 11 is 0. The Bertz CT molecular complexity index is 1590. The van der Waals surface area contributed by atoms with Gasteiger partial charge < -0.3 is 10.2 Å². The molecule has 0 aliphatic rings. The molecule has 11 nitrogen and oxygen atoms in total. The number of carboxylic acid groups (broad SMARTS) is 1. The van der Waals surface area contributed by atoms with Crippen LogP contribution in [0.2, 0.25) is 0 Å². The van der Waals surface area contributed by atoms with Crippen molar-refractivity contribution in [2.45, 2.75) is 4.90 Å².